The van der Waals surface area contributed by atoms with Crippen molar-refractivity contribution in [2.24, 2.45) is 0 Å². The monoisotopic (exact) mass is 327 g/mol. The third kappa shape index (κ3) is 3.14. The number of rotatable bonds is 4. The molecule has 1 aromatic heterocycles. The molecule has 0 N–H and O–H groups in total. The summed E-state index contributed by atoms with van der Waals surface area (Å²) in [7, 11) is 0. The van der Waals surface area contributed by atoms with Crippen LogP contribution in [0, 0.1) is 0 Å². The molecule has 3 rings (SSSR count). The molecule has 20 heavy (non-hydrogen) atoms. The van der Waals surface area contributed by atoms with Gasteiger partial charge in [0.25, 0.3) is 0 Å². The zero-order chi connectivity index (χ0) is 13.8. The molecule has 100 valence electrons. The number of benzene rings is 2. The molecule has 0 aliphatic heterocycles. The van der Waals surface area contributed by atoms with Crippen molar-refractivity contribution >= 4 is 15.9 Å². The molecule has 0 aliphatic rings. The van der Waals surface area contributed by atoms with E-state index in [1.807, 2.05) is 41.2 Å². The van der Waals surface area contributed by atoms with Gasteiger partial charge in [0, 0.05) is 16.6 Å². The number of halogens is 1. The van der Waals surface area contributed by atoms with E-state index in [0.717, 1.165) is 28.7 Å². The van der Waals surface area contributed by atoms with Crippen molar-refractivity contribution in [1.82, 2.24) is 15.0 Å². The minimum Gasteiger partial charge on any atom is -0.252 e. The quantitative estimate of drug-likeness (QED) is 0.726. The molecule has 0 radical (unpaired) electrons. The third-order valence-corrected chi connectivity index (χ3v) is 3.68. The minimum atomic E-state index is 0.841. The standard InChI is InChI=1S/C16H14BrN3/c17-15-8-6-14(7-9-15)16-12-20(19-18-16)11-10-13-4-2-1-3-5-13/h1-9,12H,10-11H2. The largest absolute Gasteiger partial charge is 0.252 e. The molecule has 0 saturated carbocycles. The van der Waals surface area contributed by atoms with Crippen LogP contribution in [0.15, 0.2) is 65.3 Å². The fraction of sp³-hybridized carbons (Fsp3) is 0.125. The molecule has 0 atom stereocenters. The molecule has 0 spiro atoms. The molecule has 3 nitrogen and oxygen atoms in total. The number of nitrogens with zero attached hydrogens (tertiary/aromatic N) is 3. The maximum absolute atomic E-state index is 4.23. The zero-order valence-corrected chi connectivity index (χ0v) is 12.5. The van der Waals surface area contributed by atoms with E-state index in [-0.39, 0.29) is 0 Å². The second-order valence-electron chi connectivity index (χ2n) is 4.61. The van der Waals surface area contributed by atoms with Crippen LogP contribution in [0.3, 0.4) is 0 Å². The average Bonchev–Trinajstić information content (AvgIpc) is 2.96. The van der Waals surface area contributed by atoms with Gasteiger partial charge in [-0.2, -0.15) is 0 Å². The SMILES string of the molecule is Brc1ccc(-c2cn(CCc3ccccc3)nn2)cc1. The van der Waals surface area contributed by atoms with Gasteiger partial charge in [0.1, 0.15) is 5.69 Å². The molecule has 4 heteroatoms. The van der Waals surface area contributed by atoms with Gasteiger partial charge in [-0.1, -0.05) is 63.6 Å². The summed E-state index contributed by atoms with van der Waals surface area (Å²) < 4.78 is 2.96. The van der Waals surface area contributed by atoms with Gasteiger partial charge < -0.3 is 0 Å². The van der Waals surface area contributed by atoms with Gasteiger partial charge in [0.15, 0.2) is 0 Å². The van der Waals surface area contributed by atoms with Crippen LogP contribution >= 0.6 is 15.9 Å². The number of aromatic nitrogens is 3. The van der Waals surface area contributed by atoms with E-state index in [0.29, 0.717) is 0 Å². The number of aryl methyl sites for hydroxylation is 2. The van der Waals surface area contributed by atoms with Gasteiger partial charge in [-0.25, -0.2) is 0 Å². The normalized spacial score (nSPS) is 10.7. The predicted molar refractivity (Wildman–Crippen MR) is 83.3 cm³/mol. The van der Waals surface area contributed by atoms with Crippen LogP contribution in [-0.2, 0) is 13.0 Å². The van der Waals surface area contributed by atoms with Crippen LogP contribution in [0.1, 0.15) is 5.56 Å². The number of hydrogen-bond acceptors (Lipinski definition) is 2. The van der Waals surface area contributed by atoms with Crippen molar-refractivity contribution in [3.05, 3.63) is 70.8 Å². The summed E-state index contributed by atoms with van der Waals surface area (Å²) in [5, 5.41) is 8.41. The Kier molecular flexibility index (Phi) is 3.92. The Labute approximate surface area is 126 Å². The Morgan fingerprint density at radius 3 is 2.45 bits per heavy atom. The van der Waals surface area contributed by atoms with Crippen molar-refractivity contribution in [3.63, 3.8) is 0 Å². The second-order valence-corrected chi connectivity index (χ2v) is 5.53. The molecule has 0 bridgehead atoms. The molecule has 0 aliphatic carbocycles. The maximum atomic E-state index is 4.23. The molecule has 0 fully saturated rings. The lowest BCUT2D eigenvalue weighted by Gasteiger charge is -2.00. The van der Waals surface area contributed by atoms with E-state index in [1.54, 1.807) is 0 Å². The summed E-state index contributed by atoms with van der Waals surface area (Å²) in [6, 6.07) is 18.5. The predicted octanol–water partition coefficient (Wildman–Crippen LogP) is 3.95. The molecule has 0 saturated heterocycles. The van der Waals surface area contributed by atoms with Crippen LogP contribution in [0.5, 0.6) is 0 Å². The third-order valence-electron chi connectivity index (χ3n) is 3.15. The lowest BCUT2D eigenvalue weighted by atomic mass is 10.1. The van der Waals surface area contributed by atoms with Crippen LogP contribution in [0.4, 0.5) is 0 Å². The van der Waals surface area contributed by atoms with Crippen LogP contribution in [-0.4, -0.2) is 15.0 Å². The van der Waals surface area contributed by atoms with Crippen molar-refractivity contribution in [2.45, 2.75) is 13.0 Å². The highest BCUT2D eigenvalue weighted by atomic mass is 79.9. The van der Waals surface area contributed by atoms with Crippen LogP contribution in [0.2, 0.25) is 0 Å². The van der Waals surface area contributed by atoms with Gasteiger partial charge in [-0.15, -0.1) is 5.10 Å². The highest BCUT2D eigenvalue weighted by Crippen LogP contribution is 2.19. The summed E-state index contributed by atoms with van der Waals surface area (Å²) in [6.07, 6.45) is 2.95. The first-order chi connectivity index (χ1) is 9.81. The zero-order valence-electron chi connectivity index (χ0n) is 10.9. The fourth-order valence-electron chi connectivity index (χ4n) is 2.05. The van der Waals surface area contributed by atoms with Gasteiger partial charge in [-0.3, -0.25) is 4.68 Å². The van der Waals surface area contributed by atoms with Gasteiger partial charge >= 0.3 is 0 Å². The fourth-order valence-corrected chi connectivity index (χ4v) is 2.31. The highest BCUT2D eigenvalue weighted by molar-refractivity contribution is 9.10. The molecule has 2 aromatic carbocycles. The molecule has 0 unspecified atom stereocenters. The van der Waals surface area contributed by atoms with Crippen molar-refractivity contribution in [1.29, 1.82) is 0 Å². The van der Waals surface area contributed by atoms with E-state index in [2.05, 4.69) is 50.5 Å². The Hall–Kier alpha value is -1.94. The maximum Gasteiger partial charge on any atom is 0.113 e. The summed E-state index contributed by atoms with van der Waals surface area (Å²) >= 11 is 3.43. The lowest BCUT2D eigenvalue weighted by Crippen LogP contribution is -2.01. The molecule has 3 aromatic rings. The summed E-state index contributed by atoms with van der Waals surface area (Å²) in [5.41, 5.74) is 3.30. The van der Waals surface area contributed by atoms with Gasteiger partial charge in [-0.05, 0) is 24.1 Å². The van der Waals surface area contributed by atoms with Gasteiger partial charge in [0.05, 0.1) is 6.20 Å². The summed E-state index contributed by atoms with van der Waals surface area (Å²) in [5.74, 6) is 0. The minimum absolute atomic E-state index is 0.841. The average molecular weight is 328 g/mol. The molecule has 1 heterocycles. The smallest absolute Gasteiger partial charge is 0.113 e. The summed E-state index contributed by atoms with van der Waals surface area (Å²) in [4.78, 5) is 0. The van der Waals surface area contributed by atoms with E-state index < -0.39 is 0 Å². The first kappa shape index (κ1) is 13.1. The Bertz CT molecular complexity index is 674. The molecular weight excluding hydrogens is 314 g/mol. The first-order valence-electron chi connectivity index (χ1n) is 6.51. The summed E-state index contributed by atoms with van der Waals surface area (Å²) in [6.45, 7) is 0.841. The lowest BCUT2D eigenvalue weighted by molar-refractivity contribution is 0.589. The van der Waals surface area contributed by atoms with E-state index in [9.17, 15) is 0 Å². The highest BCUT2D eigenvalue weighted by Gasteiger charge is 2.03. The van der Waals surface area contributed by atoms with E-state index >= 15 is 0 Å². The molecule has 0 amide bonds. The Morgan fingerprint density at radius 1 is 0.950 bits per heavy atom. The van der Waals surface area contributed by atoms with E-state index in [1.165, 1.54) is 5.56 Å². The second kappa shape index (κ2) is 6.01. The van der Waals surface area contributed by atoms with Crippen molar-refractivity contribution in [2.75, 3.05) is 0 Å². The van der Waals surface area contributed by atoms with Crippen molar-refractivity contribution < 1.29 is 0 Å². The van der Waals surface area contributed by atoms with Crippen LogP contribution in [0.25, 0.3) is 11.3 Å². The van der Waals surface area contributed by atoms with Crippen molar-refractivity contribution in [3.8, 4) is 11.3 Å². The van der Waals surface area contributed by atoms with E-state index in [4.69, 9.17) is 0 Å². The topological polar surface area (TPSA) is 30.7 Å². The number of hydrogen-bond donors (Lipinski definition) is 0. The Balaban J connectivity index is 1.69. The first-order valence-corrected chi connectivity index (χ1v) is 7.30. The Morgan fingerprint density at radius 2 is 1.70 bits per heavy atom. The van der Waals surface area contributed by atoms with Crippen LogP contribution < -0.4 is 0 Å². The van der Waals surface area contributed by atoms with Gasteiger partial charge in [0.2, 0.25) is 0 Å². The molecular formula is C16H14BrN3.